The topological polar surface area (TPSA) is 32.3 Å². The third-order valence-corrected chi connectivity index (χ3v) is 3.19. The summed E-state index contributed by atoms with van der Waals surface area (Å²) in [6, 6.07) is 0. The predicted molar refractivity (Wildman–Crippen MR) is 52.5 cm³/mol. The summed E-state index contributed by atoms with van der Waals surface area (Å²) in [5.74, 6) is 5.44. The molecule has 84 valence electrons. The maximum Gasteiger partial charge on any atom is 0.249 e. The van der Waals surface area contributed by atoms with Gasteiger partial charge < -0.3 is 10.4 Å². The summed E-state index contributed by atoms with van der Waals surface area (Å²) in [4.78, 5) is 0. The largest absolute Gasteiger partial charge is 0.392 e. The normalized spacial score (nSPS) is 32.5. The summed E-state index contributed by atoms with van der Waals surface area (Å²) >= 11 is 0. The molecular weight excluding hydrogens is 200 g/mol. The van der Waals surface area contributed by atoms with Gasteiger partial charge >= 0.3 is 0 Å². The van der Waals surface area contributed by atoms with Crippen LogP contribution in [-0.4, -0.2) is 29.7 Å². The summed E-state index contributed by atoms with van der Waals surface area (Å²) in [7, 11) is 0. The lowest BCUT2D eigenvalue weighted by atomic mass is 9.87. The van der Waals surface area contributed by atoms with Gasteiger partial charge in [0.1, 0.15) is 0 Å². The van der Waals surface area contributed by atoms with Crippen LogP contribution in [0.25, 0.3) is 0 Å². The van der Waals surface area contributed by atoms with Crippen molar-refractivity contribution in [1.82, 2.24) is 5.32 Å². The monoisotopic (exact) mass is 215 g/mol. The van der Waals surface area contributed by atoms with Crippen LogP contribution in [0, 0.1) is 17.8 Å². The molecule has 2 aliphatic rings. The van der Waals surface area contributed by atoms with Crippen LogP contribution in [0.5, 0.6) is 0 Å². The maximum absolute atomic E-state index is 11.9. The predicted octanol–water partition coefficient (Wildman–Crippen LogP) is 1.15. The molecule has 1 saturated heterocycles. The van der Waals surface area contributed by atoms with Crippen LogP contribution < -0.4 is 5.32 Å². The highest BCUT2D eigenvalue weighted by Gasteiger charge is 2.51. The summed E-state index contributed by atoms with van der Waals surface area (Å²) < 4.78 is 23.8. The number of halogens is 2. The fraction of sp³-hybridized carbons (Fsp3) is 0.818. The van der Waals surface area contributed by atoms with Crippen molar-refractivity contribution in [3.63, 3.8) is 0 Å². The molecule has 0 aromatic heterocycles. The highest BCUT2D eigenvalue weighted by molar-refractivity contribution is 5.21. The van der Waals surface area contributed by atoms with E-state index >= 15 is 0 Å². The third kappa shape index (κ3) is 2.47. The zero-order valence-electron chi connectivity index (χ0n) is 8.47. The van der Waals surface area contributed by atoms with E-state index in [1.165, 1.54) is 0 Å². The molecule has 0 bridgehead atoms. The molecule has 2 nitrogen and oxygen atoms in total. The van der Waals surface area contributed by atoms with Gasteiger partial charge in [-0.1, -0.05) is 11.8 Å². The lowest BCUT2D eigenvalue weighted by Crippen LogP contribution is -2.49. The van der Waals surface area contributed by atoms with Crippen LogP contribution in [0.3, 0.4) is 0 Å². The Labute approximate surface area is 88.1 Å². The summed E-state index contributed by atoms with van der Waals surface area (Å²) in [6.45, 7) is 0.604. The molecule has 2 N–H and O–H groups in total. The van der Waals surface area contributed by atoms with Crippen molar-refractivity contribution in [3.05, 3.63) is 0 Å². The first-order valence-corrected chi connectivity index (χ1v) is 5.32. The molecule has 2 unspecified atom stereocenters. The number of aliphatic hydroxyl groups excluding tert-OH is 1. The molecule has 1 spiro atoms. The van der Waals surface area contributed by atoms with Crippen molar-refractivity contribution in [3.8, 4) is 11.8 Å². The molecule has 4 heteroatoms. The van der Waals surface area contributed by atoms with E-state index in [1.54, 1.807) is 0 Å². The number of aliphatic hydroxyl groups is 1. The molecule has 2 atom stereocenters. The van der Waals surface area contributed by atoms with E-state index < -0.39 is 6.43 Å². The fourth-order valence-electron chi connectivity index (χ4n) is 2.14. The highest BCUT2D eigenvalue weighted by Crippen LogP contribution is 2.45. The minimum absolute atomic E-state index is 0.0361. The van der Waals surface area contributed by atoms with Gasteiger partial charge in [0, 0.05) is 18.0 Å². The van der Waals surface area contributed by atoms with Gasteiger partial charge in [-0.3, -0.25) is 0 Å². The molecular formula is C11H15F2NO. The highest BCUT2D eigenvalue weighted by atomic mass is 19.3. The zero-order chi connectivity index (χ0) is 10.9. The SMILES string of the molecule is OC1CNC2(CC2)C(C#CCC(F)F)C1. The van der Waals surface area contributed by atoms with Crippen molar-refractivity contribution in [2.45, 2.75) is 43.8 Å². The molecule has 0 amide bonds. The lowest BCUT2D eigenvalue weighted by Gasteiger charge is -2.32. The second kappa shape index (κ2) is 4.07. The number of rotatable bonds is 1. The van der Waals surface area contributed by atoms with Crippen LogP contribution in [0.15, 0.2) is 0 Å². The van der Waals surface area contributed by atoms with Gasteiger partial charge in [-0.05, 0) is 19.3 Å². The average Bonchev–Trinajstić information content (AvgIpc) is 2.92. The van der Waals surface area contributed by atoms with Crippen molar-refractivity contribution in [2.24, 2.45) is 5.92 Å². The number of hydrogen-bond acceptors (Lipinski definition) is 2. The first kappa shape index (κ1) is 10.8. The quantitative estimate of drug-likeness (QED) is 0.643. The maximum atomic E-state index is 11.9. The first-order valence-electron chi connectivity index (χ1n) is 5.32. The van der Waals surface area contributed by atoms with Gasteiger partial charge in [0.2, 0.25) is 6.43 Å². The third-order valence-electron chi connectivity index (χ3n) is 3.19. The van der Waals surface area contributed by atoms with Crippen molar-refractivity contribution < 1.29 is 13.9 Å². The van der Waals surface area contributed by atoms with Crippen LogP contribution >= 0.6 is 0 Å². The van der Waals surface area contributed by atoms with Crippen molar-refractivity contribution in [2.75, 3.05) is 6.54 Å². The van der Waals surface area contributed by atoms with E-state index in [9.17, 15) is 13.9 Å². The summed E-state index contributed by atoms with van der Waals surface area (Å²) in [5.41, 5.74) is 0.0361. The van der Waals surface area contributed by atoms with E-state index in [-0.39, 0.29) is 24.0 Å². The number of β-amino-alcohol motifs (C(OH)–C–C–N with tert-alkyl or cyclic N) is 1. The van der Waals surface area contributed by atoms with Crippen molar-refractivity contribution >= 4 is 0 Å². The Morgan fingerprint density at radius 3 is 2.80 bits per heavy atom. The van der Waals surface area contributed by atoms with Gasteiger partial charge in [0.15, 0.2) is 0 Å². The molecule has 1 aliphatic carbocycles. The Kier molecular flexibility index (Phi) is 2.94. The van der Waals surface area contributed by atoms with Gasteiger partial charge in [-0.2, -0.15) is 0 Å². The Morgan fingerprint density at radius 1 is 1.47 bits per heavy atom. The zero-order valence-corrected chi connectivity index (χ0v) is 8.47. The standard InChI is InChI=1S/C11H15F2NO/c12-10(13)3-1-2-8-6-9(15)7-14-11(8)4-5-11/h8-10,14-15H,3-7H2. The van der Waals surface area contributed by atoms with E-state index in [0.717, 1.165) is 12.8 Å². The molecule has 1 saturated carbocycles. The van der Waals surface area contributed by atoms with Crippen LogP contribution in [0.2, 0.25) is 0 Å². The molecule has 0 aromatic rings. The molecule has 2 fully saturated rings. The average molecular weight is 215 g/mol. The van der Waals surface area contributed by atoms with E-state index in [2.05, 4.69) is 17.2 Å². The Balaban J connectivity index is 1.95. The number of hydrogen-bond donors (Lipinski definition) is 2. The first-order chi connectivity index (χ1) is 7.12. The second-order valence-electron chi connectivity index (χ2n) is 4.40. The molecule has 1 aliphatic heterocycles. The minimum Gasteiger partial charge on any atom is -0.392 e. The Morgan fingerprint density at radius 2 is 2.20 bits per heavy atom. The Bertz CT molecular complexity index is 291. The van der Waals surface area contributed by atoms with Crippen LogP contribution in [0.1, 0.15) is 25.7 Å². The van der Waals surface area contributed by atoms with E-state index in [0.29, 0.717) is 13.0 Å². The smallest absolute Gasteiger partial charge is 0.249 e. The Hall–Kier alpha value is -0.660. The van der Waals surface area contributed by atoms with E-state index in [1.807, 2.05) is 0 Å². The van der Waals surface area contributed by atoms with Gasteiger partial charge in [0.05, 0.1) is 12.5 Å². The van der Waals surface area contributed by atoms with Gasteiger partial charge in [0.25, 0.3) is 0 Å². The molecule has 1 heterocycles. The lowest BCUT2D eigenvalue weighted by molar-refractivity contribution is 0.101. The van der Waals surface area contributed by atoms with E-state index in [4.69, 9.17) is 0 Å². The molecule has 2 rings (SSSR count). The second-order valence-corrected chi connectivity index (χ2v) is 4.40. The minimum atomic E-state index is -2.35. The van der Waals surface area contributed by atoms with Gasteiger partial charge in [-0.15, -0.1) is 0 Å². The number of nitrogens with one attached hydrogen (secondary N) is 1. The fourth-order valence-corrected chi connectivity index (χ4v) is 2.14. The number of piperidine rings is 1. The molecule has 0 radical (unpaired) electrons. The van der Waals surface area contributed by atoms with Crippen molar-refractivity contribution in [1.29, 1.82) is 0 Å². The molecule has 15 heavy (non-hydrogen) atoms. The van der Waals surface area contributed by atoms with Crippen LogP contribution in [-0.2, 0) is 0 Å². The van der Waals surface area contributed by atoms with Gasteiger partial charge in [-0.25, -0.2) is 8.78 Å². The molecule has 0 aromatic carbocycles. The van der Waals surface area contributed by atoms with Crippen LogP contribution in [0.4, 0.5) is 8.78 Å². The number of alkyl halides is 2. The summed E-state index contributed by atoms with van der Waals surface area (Å²) in [5, 5.41) is 12.7. The summed E-state index contributed by atoms with van der Waals surface area (Å²) in [6.07, 6.45) is -0.385.